The normalized spacial score (nSPS) is 14.8. The van der Waals surface area contributed by atoms with Gasteiger partial charge in [-0.2, -0.15) is 0 Å². The number of hydrogen-bond acceptors (Lipinski definition) is 5. The van der Waals surface area contributed by atoms with Crippen molar-refractivity contribution in [3.63, 3.8) is 0 Å². The van der Waals surface area contributed by atoms with Crippen molar-refractivity contribution < 1.29 is 9.53 Å². The molecule has 2 aromatic rings. The quantitative estimate of drug-likeness (QED) is 0.835. The molecule has 0 atom stereocenters. The molecule has 1 fully saturated rings. The summed E-state index contributed by atoms with van der Waals surface area (Å²) in [6, 6.07) is 15.6. The first kappa shape index (κ1) is 18.1. The second-order valence-corrected chi connectivity index (χ2v) is 6.47. The van der Waals surface area contributed by atoms with Crippen molar-refractivity contribution in [2.75, 3.05) is 62.4 Å². The molecule has 0 aliphatic carbocycles. The molecule has 1 amide bonds. The SMILES string of the molecule is COc1cccc(NC(=O)CNc2ccc(N3CCN(C)CC3)cc2)c1. The summed E-state index contributed by atoms with van der Waals surface area (Å²) in [6.45, 7) is 4.48. The lowest BCUT2D eigenvalue weighted by Gasteiger charge is -2.34. The van der Waals surface area contributed by atoms with E-state index >= 15 is 0 Å². The van der Waals surface area contributed by atoms with Crippen LogP contribution in [-0.4, -0.2) is 57.7 Å². The number of ether oxygens (including phenoxy) is 1. The Morgan fingerprint density at radius 1 is 1.04 bits per heavy atom. The zero-order chi connectivity index (χ0) is 18.4. The standard InChI is InChI=1S/C20H26N4O2/c1-23-10-12-24(13-11-23)18-8-6-16(7-9-18)21-15-20(25)22-17-4-3-5-19(14-17)26-2/h3-9,14,21H,10-13,15H2,1-2H3,(H,22,25). The Morgan fingerprint density at radius 3 is 2.46 bits per heavy atom. The molecule has 1 aliphatic heterocycles. The number of rotatable bonds is 6. The van der Waals surface area contributed by atoms with Crippen LogP contribution in [0.5, 0.6) is 5.75 Å². The second kappa shape index (κ2) is 8.58. The minimum atomic E-state index is -0.0959. The third-order valence-electron chi connectivity index (χ3n) is 4.54. The maximum Gasteiger partial charge on any atom is 0.243 e. The molecular weight excluding hydrogens is 328 g/mol. The molecule has 3 rings (SSSR count). The Kier molecular flexibility index (Phi) is 5.96. The maximum atomic E-state index is 12.1. The Labute approximate surface area is 154 Å². The molecule has 1 aliphatic rings. The largest absolute Gasteiger partial charge is 0.497 e. The van der Waals surface area contributed by atoms with E-state index in [1.54, 1.807) is 13.2 Å². The fourth-order valence-electron chi connectivity index (χ4n) is 2.94. The molecular formula is C20H26N4O2. The molecule has 6 heteroatoms. The van der Waals surface area contributed by atoms with Gasteiger partial charge in [0.1, 0.15) is 5.75 Å². The number of anilines is 3. The zero-order valence-electron chi connectivity index (χ0n) is 15.4. The lowest BCUT2D eigenvalue weighted by molar-refractivity contribution is -0.114. The minimum absolute atomic E-state index is 0.0959. The molecule has 138 valence electrons. The van der Waals surface area contributed by atoms with Gasteiger partial charge in [0, 0.05) is 49.3 Å². The maximum absolute atomic E-state index is 12.1. The summed E-state index contributed by atoms with van der Waals surface area (Å²) in [5.74, 6) is 0.622. The number of methoxy groups -OCH3 is 1. The van der Waals surface area contributed by atoms with Crippen LogP contribution in [0.1, 0.15) is 0 Å². The highest BCUT2D eigenvalue weighted by Gasteiger charge is 2.14. The summed E-state index contributed by atoms with van der Waals surface area (Å²) < 4.78 is 5.16. The van der Waals surface area contributed by atoms with E-state index in [1.807, 2.05) is 30.3 Å². The van der Waals surface area contributed by atoms with Crippen LogP contribution in [0.25, 0.3) is 0 Å². The Hall–Kier alpha value is -2.73. The highest BCUT2D eigenvalue weighted by molar-refractivity contribution is 5.93. The lowest BCUT2D eigenvalue weighted by atomic mass is 10.2. The first-order valence-electron chi connectivity index (χ1n) is 8.85. The number of nitrogens with one attached hydrogen (secondary N) is 2. The molecule has 26 heavy (non-hydrogen) atoms. The summed E-state index contributed by atoms with van der Waals surface area (Å²) in [5, 5.41) is 6.02. The average Bonchev–Trinajstić information content (AvgIpc) is 2.67. The number of amides is 1. The van der Waals surface area contributed by atoms with Crippen LogP contribution in [0.3, 0.4) is 0 Å². The summed E-state index contributed by atoms with van der Waals surface area (Å²) >= 11 is 0. The van der Waals surface area contributed by atoms with Crippen LogP contribution in [0.15, 0.2) is 48.5 Å². The van der Waals surface area contributed by atoms with Crippen molar-refractivity contribution in [1.29, 1.82) is 0 Å². The van der Waals surface area contributed by atoms with Crippen molar-refractivity contribution in [3.8, 4) is 5.75 Å². The fourth-order valence-corrected chi connectivity index (χ4v) is 2.94. The third kappa shape index (κ3) is 4.89. The molecule has 0 aromatic heterocycles. The predicted octanol–water partition coefficient (Wildman–Crippen LogP) is 2.50. The van der Waals surface area contributed by atoms with Crippen molar-refractivity contribution in [2.24, 2.45) is 0 Å². The van der Waals surface area contributed by atoms with Crippen LogP contribution < -0.4 is 20.3 Å². The Morgan fingerprint density at radius 2 is 1.77 bits per heavy atom. The Bertz CT molecular complexity index is 725. The van der Waals surface area contributed by atoms with Crippen molar-refractivity contribution in [1.82, 2.24) is 4.90 Å². The van der Waals surface area contributed by atoms with Crippen LogP contribution >= 0.6 is 0 Å². The number of likely N-dealkylation sites (N-methyl/N-ethyl adjacent to an activating group) is 1. The lowest BCUT2D eigenvalue weighted by Crippen LogP contribution is -2.44. The van der Waals surface area contributed by atoms with E-state index in [0.29, 0.717) is 0 Å². The molecule has 6 nitrogen and oxygen atoms in total. The van der Waals surface area contributed by atoms with Gasteiger partial charge >= 0.3 is 0 Å². The van der Waals surface area contributed by atoms with E-state index in [4.69, 9.17) is 4.74 Å². The molecule has 2 aromatic carbocycles. The van der Waals surface area contributed by atoms with Crippen LogP contribution in [0.4, 0.5) is 17.1 Å². The molecule has 0 radical (unpaired) electrons. The van der Waals surface area contributed by atoms with E-state index in [9.17, 15) is 4.79 Å². The van der Waals surface area contributed by atoms with Crippen molar-refractivity contribution >= 4 is 23.0 Å². The van der Waals surface area contributed by atoms with E-state index in [-0.39, 0.29) is 12.5 Å². The summed E-state index contributed by atoms with van der Waals surface area (Å²) in [4.78, 5) is 16.8. The number of piperazine rings is 1. The van der Waals surface area contributed by atoms with Crippen molar-refractivity contribution in [3.05, 3.63) is 48.5 Å². The molecule has 2 N–H and O–H groups in total. The Balaban J connectivity index is 1.49. The van der Waals surface area contributed by atoms with Gasteiger partial charge in [0.15, 0.2) is 0 Å². The topological polar surface area (TPSA) is 56.8 Å². The van der Waals surface area contributed by atoms with Gasteiger partial charge in [-0.3, -0.25) is 4.79 Å². The van der Waals surface area contributed by atoms with E-state index in [2.05, 4.69) is 39.6 Å². The monoisotopic (exact) mass is 354 g/mol. The third-order valence-corrected chi connectivity index (χ3v) is 4.54. The van der Waals surface area contributed by atoms with Gasteiger partial charge in [0.05, 0.1) is 13.7 Å². The van der Waals surface area contributed by atoms with Gasteiger partial charge in [-0.25, -0.2) is 0 Å². The van der Waals surface area contributed by atoms with Crippen LogP contribution in [-0.2, 0) is 4.79 Å². The molecule has 0 unspecified atom stereocenters. The molecule has 1 heterocycles. The number of carbonyl (C=O) groups is 1. The number of carbonyl (C=O) groups excluding carboxylic acids is 1. The number of hydrogen-bond donors (Lipinski definition) is 2. The molecule has 0 saturated carbocycles. The fraction of sp³-hybridized carbons (Fsp3) is 0.350. The van der Waals surface area contributed by atoms with Gasteiger partial charge in [-0.1, -0.05) is 6.07 Å². The van der Waals surface area contributed by atoms with Crippen molar-refractivity contribution in [2.45, 2.75) is 0 Å². The number of nitrogens with zero attached hydrogens (tertiary/aromatic N) is 2. The number of benzene rings is 2. The average molecular weight is 354 g/mol. The van der Waals surface area contributed by atoms with Gasteiger partial charge in [0.25, 0.3) is 0 Å². The van der Waals surface area contributed by atoms with Gasteiger partial charge in [-0.15, -0.1) is 0 Å². The zero-order valence-corrected chi connectivity index (χ0v) is 15.4. The summed E-state index contributed by atoms with van der Waals surface area (Å²) in [6.07, 6.45) is 0. The second-order valence-electron chi connectivity index (χ2n) is 6.47. The van der Waals surface area contributed by atoms with Gasteiger partial charge < -0.3 is 25.2 Å². The summed E-state index contributed by atoms with van der Waals surface area (Å²) in [5.41, 5.74) is 2.88. The van der Waals surface area contributed by atoms with Crippen LogP contribution in [0.2, 0.25) is 0 Å². The van der Waals surface area contributed by atoms with Gasteiger partial charge in [-0.05, 0) is 43.4 Å². The first-order valence-corrected chi connectivity index (χ1v) is 8.85. The minimum Gasteiger partial charge on any atom is -0.497 e. The van der Waals surface area contributed by atoms with E-state index in [0.717, 1.165) is 43.3 Å². The predicted molar refractivity (Wildman–Crippen MR) is 106 cm³/mol. The first-order chi connectivity index (χ1) is 12.6. The van der Waals surface area contributed by atoms with Crippen LogP contribution in [0, 0.1) is 0 Å². The molecule has 0 bridgehead atoms. The summed E-state index contributed by atoms with van der Waals surface area (Å²) in [7, 11) is 3.76. The smallest absolute Gasteiger partial charge is 0.243 e. The molecule has 0 spiro atoms. The molecule has 1 saturated heterocycles. The van der Waals surface area contributed by atoms with E-state index in [1.165, 1.54) is 5.69 Å². The van der Waals surface area contributed by atoms with E-state index < -0.39 is 0 Å². The highest BCUT2D eigenvalue weighted by Crippen LogP contribution is 2.19. The highest BCUT2D eigenvalue weighted by atomic mass is 16.5. The van der Waals surface area contributed by atoms with Gasteiger partial charge in [0.2, 0.25) is 5.91 Å².